The monoisotopic (exact) mass is 383 g/mol. The van der Waals surface area contributed by atoms with Crippen LogP contribution >= 0.6 is 11.3 Å². The van der Waals surface area contributed by atoms with Crippen molar-refractivity contribution in [1.29, 1.82) is 0 Å². The van der Waals surface area contributed by atoms with Crippen molar-refractivity contribution < 1.29 is 4.79 Å². The maximum Gasteiger partial charge on any atom is 0.261 e. The summed E-state index contributed by atoms with van der Waals surface area (Å²) in [6, 6.07) is 12.6. The highest BCUT2D eigenvalue weighted by Crippen LogP contribution is 2.38. The number of likely N-dealkylation sites (tertiary alicyclic amines) is 1. The van der Waals surface area contributed by atoms with E-state index in [9.17, 15) is 4.79 Å². The number of nitrogens with one attached hydrogen (secondary N) is 1. The number of thiophene rings is 1. The lowest BCUT2D eigenvalue weighted by atomic mass is 10.0. The van der Waals surface area contributed by atoms with Crippen LogP contribution in [0.4, 0.5) is 10.7 Å². The van der Waals surface area contributed by atoms with Crippen molar-refractivity contribution in [2.45, 2.75) is 32.6 Å². The fraction of sp³-hybridized carbons (Fsp3) is 0.500. The van der Waals surface area contributed by atoms with Crippen LogP contribution in [0.15, 0.2) is 36.4 Å². The summed E-state index contributed by atoms with van der Waals surface area (Å²) < 4.78 is 0. The molecule has 0 radical (unpaired) electrons. The Morgan fingerprint density at radius 1 is 1.22 bits per heavy atom. The molecule has 0 bridgehead atoms. The molecule has 1 N–H and O–H groups in total. The largest absolute Gasteiger partial charge is 0.351 e. The molecule has 1 fully saturated rings. The van der Waals surface area contributed by atoms with Crippen molar-refractivity contribution in [3.05, 3.63) is 46.8 Å². The summed E-state index contributed by atoms with van der Waals surface area (Å²) in [5.74, 6) is 0.874. The van der Waals surface area contributed by atoms with Gasteiger partial charge >= 0.3 is 0 Å². The van der Waals surface area contributed by atoms with Crippen LogP contribution in [-0.2, 0) is 6.42 Å². The summed E-state index contributed by atoms with van der Waals surface area (Å²) in [5, 5.41) is 4.26. The fourth-order valence-corrected chi connectivity index (χ4v) is 5.21. The Hall–Kier alpha value is -1.85. The number of carbonyl (C=O) groups excluding carboxylic acids is 1. The molecule has 5 heteroatoms. The lowest BCUT2D eigenvalue weighted by Crippen LogP contribution is -2.36. The first kappa shape index (κ1) is 18.5. The molecule has 4 rings (SSSR count). The average Bonchev–Trinajstić information content (AvgIpc) is 3.32. The molecular formula is C22H29N3OS. The minimum atomic E-state index is 0.0609. The molecule has 1 aromatic carbocycles. The SMILES string of the molecule is C[C@H]1CCCN(CCCNC(=O)c2ccc(N3CCc4ccccc43)s2)C1. The lowest BCUT2D eigenvalue weighted by molar-refractivity contribution is 0.0954. The third-order valence-electron chi connectivity index (χ3n) is 5.65. The van der Waals surface area contributed by atoms with Crippen LogP contribution in [0.2, 0.25) is 0 Å². The Balaban J connectivity index is 1.27. The zero-order valence-corrected chi connectivity index (χ0v) is 16.9. The van der Waals surface area contributed by atoms with Crippen LogP contribution in [0.1, 0.15) is 41.4 Å². The predicted octanol–water partition coefficient (Wildman–Crippen LogP) is 4.29. The molecule has 0 spiro atoms. The minimum absolute atomic E-state index is 0.0609. The van der Waals surface area contributed by atoms with E-state index in [0.29, 0.717) is 0 Å². The smallest absolute Gasteiger partial charge is 0.261 e. The van der Waals surface area contributed by atoms with E-state index in [1.165, 1.54) is 37.2 Å². The van der Waals surface area contributed by atoms with Crippen molar-refractivity contribution in [3.8, 4) is 0 Å². The minimum Gasteiger partial charge on any atom is -0.351 e. The lowest BCUT2D eigenvalue weighted by Gasteiger charge is -2.30. The van der Waals surface area contributed by atoms with Gasteiger partial charge in [-0.05, 0) is 68.5 Å². The van der Waals surface area contributed by atoms with Gasteiger partial charge in [0, 0.05) is 25.3 Å². The summed E-state index contributed by atoms with van der Waals surface area (Å²) >= 11 is 1.59. The standard InChI is InChI=1S/C22H29N3OS/c1-17-6-4-13-24(16-17)14-5-12-23-22(26)20-9-10-21(27-20)25-15-11-18-7-2-3-8-19(18)25/h2-3,7-10,17H,4-6,11-16H2,1H3,(H,23,26)/t17-/m0/s1. The summed E-state index contributed by atoms with van der Waals surface area (Å²) in [6.07, 6.45) is 4.77. The number of hydrogen-bond donors (Lipinski definition) is 1. The molecule has 1 atom stereocenters. The Bertz CT molecular complexity index is 787. The molecule has 1 aromatic heterocycles. The van der Waals surface area contributed by atoms with Gasteiger partial charge in [-0.15, -0.1) is 11.3 Å². The number of para-hydroxylation sites is 1. The van der Waals surface area contributed by atoms with Gasteiger partial charge in [0.15, 0.2) is 0 Å². The maximum atomic E-state index is 12.5. The number of rotatable bonds is 6. The van der Waals surface area contributed by atoms with Crippen molar-refractivity contribution in [2.75, 3.05) is 37.6 Å². The molecule has 3 heterocycles. The summed E-state index contributed by atoms with van der Waals surface area (Å²) in [6.45, 7) is 7.59. The van der Waals surface area contributed by atoms with Gasteiger partial charge in [0.1, 0.15) is 0 Å². The average molecular weight is 384 g/mol. The van der Waals surface area contributed by atoms with Gasteiger partial charge < -0.3 is 15.1 Å². The normalized spacial score (nSPS) is 19.9. The second kappa shape index (κ2) is 8.44. The number of amides is 1. The number of fused-ring (bicyclic) bond motifs is 1. The zero-order valence-electron chi connectivity index (χ0n) is 16.1. The molecule has 0 aliphatic carbocycles. The molecule has 27 heavy (non-hydrogen) atoms. The van der Waals surface area contributed by atoms with E-state index in [0.717, 1.165) is 48.3 Å². The number of nitrogens with zero attached hydrogens (tertiary/aromatic N) is 2. The Labute approximate surface area is 166 Å². The second-order valence-electron chi connectivity index (χ2n) is 7.83. The van der Waals surface area contributed by atoms with Crippen LogP contribution in [0, 0.1) is 5.92 Å². The quantitative estimate of drug-likeness (QED) is 0.756. The topological polar surface area (TPSA) is 35.6 Å². The van der Waals surface area contributed by atoms with Crippen molar-refractivity contribution in [2.24, 2.45) is 5.92 Å². The van der Waals surface area contributed by atoms with E-state index >= 15 is 0 Å². The van der Waals surface area contributed by atoms with Crippen LogP contribution in [0.3, 0.4) is 0 Å². The number of benzene rings is 1. The molecule has 4 nitrogen and oxygen atoms in total. The summed E-state index contributed by atoms with van der Waals surface area (Å²) in [7, 11) is 0. The van der Waals surface area contributed by atoms with Crippen LogP contribution in [0.5, 0.6) is 0 Å². The third kappa shape index (κ3) is 4.36. The van der Waals surface area contributed by atoms with Gasteiger partial charge in [-0.25, -0.2) is 0 Å². The summed E-state index contributed by atoms with van der Waals surface area (Å²) in [5.41, 5.74) is 2.67. The fourth-order valence-electron chi connectivity index (χ4n) is 4.24. The number of anilines is 2. The van der Waals surface area contributed by atoms with Crippen LogP contribution in [-0.4, -0.2) is 43.5 Å². The molecule has 1 saturated heterocycles. The number of hydrogen-bond acceptors (Lipinski definition) is 4. The van der Waals surface area contributed by atoms with Gasteiger partial charge in [-0.1, -0.05) is 25.1 Å². The Morgan fingerprint density at radius 3 is 3.00 bits per heavy atom. The molecule has 2 aliphatic heterocycles. The molecule has 2 aliphatic rings. The van der Waals surface area contributed by atoms with Crippen molar-refractivity contribution >= 4 is 27.9 Å². The highest BCUT2D eigenvalue weighted by Gasteiger charge is 2.22. The Morgan fingerprint density at radius 2 is 2.11 bits per heavy atom. The van der Waals surface area contributed by atoms with E-state index < -0.39 is 0 Å². The summed E-state index contributed by atoms with van der Waals surface area (Å²) in [4.78, 5) is 18.2. The predicted molar refractivity (Wildman–Crippen MR) is 113 cm³/mol. The van der Waals surface area contributed by atoms with Gasteiger partial charge in [0.05, 0.1) is 9.88 Å². The molecule has 0 saturated carbocycles. The second-order valence-corrected chi connectivity index (χ2v) is 8.89. The number of carbonyl (C=O) groups is 1. The van der Waals surface area contributed by atoms with E-state index in [1.807, 2.05) is 6.07 Å². The van der Waals surface area contributed by atoms with Gasteiger partial charge in [-0.2, -0.15) is 0 Å². The molecule has 2 aromatic rings. The molecule has 0 unspecified atom stereocenters. The molecule has 1 amide bonds. The van der Waals surface area contributed by atoms with Crippen molar-refractivity contribution in [1.82, 2.24) is 10.2 Å². The van der Waals surface area contributed by atoms with Crippen LogP contribution in [0.25, 0.3) is 0 Å². The third-order valence-corrected chi connectivity index (χ3v) is 6.75. The van der Waals surface area contributed by atoms with E-state index in [-0.39, 0.29) is 5.91 Å². The molecule has 144 valence electrons. The van der Waals surface area contributed by atoms with E-state index in [1.54, 1.807) is 11.3 Å². The van der Waals surface area contributed by atoms with E-state index in [2.05, 4.69) is 52.4 Å². The van der Waals surface area contributed by atoms with Crippen molar-refractivity contribution in [3.63, 3.8) is 0 Å². The molecular weight excluding hydrogens is 354 g/mol. The first-order valence-electron chi connectivity index (χ1n) is 10.2. The highest BCUT2D eigenvalue weighted by atomic mass is 32.1. The van der Waals surface area contributed by atoms with Gasteiger partial charge in [-0.3, -0.25) is 4.79 Å². The first-order valence-corrected chi connectivity index (χ1v) is 11.0. The maximum absolute atomic E-state index is 12.5. The zero-order chi connectivity index (χ0) is 18.6. The van der Waals surface area contributed by atoms with Gasteiger partial charge in [0.2, 0.25) is 0 Å². The highest BCUT2D eigenvalue weighted by molar-refractivity contribution is 7.18. The van der Waals surface area contributed by atoms with Gasteiger partial charge in [0.25, 0.3) is 5.91 Å². The van der Waals surface area contributed by atoms with E-state index in [4.69, 9.17) is 0 Å². The van der Waals surface area contributed by atoms with Crippen LogP contribution < -0.4 is 10.2 Å². The Kier molecular flexibility index (Phi) is 5.79. The number of piperidine rings is 1. The first-order chi connectivity index (χ1) is 13.2.